The van der Waals surface area contributed by atoms with Gasteiger partial charge in [-0.1, -0.05) is 22.0 Å². The highest BCUT2D eigenvalue weighted by Crippen LogP contribution is 2.27. The van der Waals surface area contributed by atoms with Gasteiger partial charge in [-0.2, -0.15) is 0 Å². The molecule has 110 valence electrons. The molecule has 1 aliphatic rings. The maximum absolute atomic E-state index is 11.5. The predicted octanol–water partition coefficient (Wildman–Crippen LogP) is 2.85. The van der Waals surface area contributed by atoms with Gasteiger partial charge in [0.25, 0.3) is 0 Å². The smallest absolute Gasteiger partial charge is 0.308 e. The van der Waals surface area contributed by atoms with E-state index in [-0.39, 0.29) is 11.9 Å². The van der Waals surface area contributed by atoms with E-state index < -0.39 is 0 Å². The van der Waals surface area contributed by atoms with E-state index in [1.807, 2.05) is 18.2 Å². The van der Waals surface area contributed by atoms with Crippen molar-refractivity contribution in [3.63, 3.8) is 0 Å². The van der Waals surface area contributed by atoms with Gasteiger partial charge < -0.3 is 15.8 Å². The number of nitrogens with one attached hydrogen (secondary N) is 1. The second-order valence-electron chi connectivity index (χ2n) is 5.26. The molecule has 20 heavy (non-hydrogen) atoms. The molecule has 0 amide bonds. The van der Waals surface area contributed by atoms with Gasteiger partial charge >= 0.3 is 5.97 Å². The minimum Gasteiger partial charge on any atom is -0.469 e. The van der Waals surface area contributed by atoms with Gasteiger partial charge in [-0.15, -0.1) is 0 Å². The van der Waals surface area contributed by atoms with Crippen LogP contribution in [-0.4, -0.2) is 19.1 Å². The molecule has 0 heterocycles. The molecule has 0 radical (unpaired) electrons. The fourth-order valence-corrected chi connectivity index (χ4v) is 3.23. The van der Waals surface area contributed by atoms with Crippen molar-refractivity contribution in [1.82, 2.24) is 5.32 Å². The SMILES string of the molecule is COC(=O)C1CCC(NCc2c(N)cccc2Br)CC1. The fraction of sp³-hybridized carbons (Fsp3) is 0.533. The van der Waals surface area contributed by atoms with Gasteiger partial charge in [0, 0.05) is 28.3 Å². The zero-order valence-electron chi connectivity index (χ0n) is 11.7. The van der Waals surface area contributed by atoms with Crippen LogP contribution in [0.5, 0.6) is 0 Å². The Labute approximate surface area is 128 Å². The van der Waals surface area contributed by atoms with Crippen LogP contribution in [0, 0.1) is 5.92 Å². The molecule has 3 N–H and O–H groups in total. The summed E-state index contributed by atoms with van der Waals surface area (Å²) in [4.78, 5) is 11.5. The van der Waals surface area contributed by atoms with E-state index in [0.29, 0.717) is 6.04 Å². The van der Waals surface area contributed by atoms with Gasteiger partial charge in [-0.05, 0) is 37.8 Å². The molecule has 0 saturated heterocycles. The van der Waals surface area contributed by atoms with E-state index >= 15 is 0 Å². The molecular formula is C15H21BrN2O2. The van der Waals surface area contributed by atoms with Crippen molar-refractivity contribution >= 4 is 27.6 Å². The average Bonchev–Trinajstić information content (AvgIpc) is 2.46. The van der Waals surface area contributed by atoms with Crippen molar-refractivity contribution in [2.75, 3.05) is 12.8 Å². The maximum atomic E-state index is 11.5. The zero-order valence-corrected chi connectivity index (χ0v) is 13.3. The highest BCUT2D eigenvalue weighted by atomic mass is 79.9. The molecular weight excluding hydrogens is 320 g/mol. The molecule has 0 aliphatic heterocycles. The topological polar surface area (TPSA) is 64.3 Å². The number of esters is 1. The molecule has 1 aromatic rings. The summed E-state index contributed by atoms with van der Waals surface area (Å²) >= 11 is 3.53. The third kappa shape index (κ3) is 3.73. The second-order valence-corrected chi connectivity index (χ2v) is 6.11. The highest BCUT2D eigenvalue weighted by Gasteiger charge is 2.26. The van der Waals surface area contributed by atoms with E-state index in [4.69, 9.17) is 10.5 Å². The number of hydrogen-bond donors (Lipinski definition) is 2. The lowest BCUT2D eigenvalue weighted by molar-refractivity contribution is -0.146. The first kappa shape index (κ1) is 15.3. The van der Waals surface area contributed by atoms with Crippen LogP contribution >= 0.6 is 15.9 Å². The Morgan fingerprint density at radius 1 is 1.40 bits per heavy atom. The first-order chi connectivity index (χ1) is 9.61. The van der Waals surface area contributed by atoms with E-state index in [2.05, 4.69) is 21.2 Å². The van der Waals surface area contributed by atoms with E-state index in [1.54, 1.807) is 0 Å². The predicted molar refractivity (Wildman–Crippen MR) is 83.2 cm³/mol. The van der Waals surface area contributed by atoms with Crippen LogP contribution in [0.2, 0.25) is 0 Å². The number of ether oxygens (including phenoxy) is 1. The Morgan fingerprint density at radius 3 is 2.70 bits per heavy atom. The summed E-state index contributed by atoms with van der Waals surface area (Å²) in [7, 11) is 1.46. The molecule has 1 fully saturated rings. The van der Waals surface area contributed by atoms with Crippen LogP contribution in [0.3, 0.4) is 0 Å². The Kier molecular flexibility index (Phi) is 5.43. The largest absolute Gasteiger partial charge is 0.469 e. The molecule has 2 rings (SSSR count). The summed E-state index contributed by atoms with van der Waals surface area (Å²) < 4.78 is 5.84. The molecule has 1 saturated carbocycles. The summed E-state index contributed by atoms with van der Waals surface area (Å²) in [6.07, 6.45) is 3.81. The first-order valence-electron chi connectivity index (χ1n) is 6.96. The van der Waals surface area contributed by atoms with E-state index in [0.717, 1.165) is 48.0 Å². The van der Waals surface area contributed by atoms with Crippen LogP contribution in [0.15, 0.2) is 22.7 Å². The summed E-state index contributed by atoms with van der Waals surface area (Å²) in [5.41, 5.74) is 7.89. The van der Waals surface area contributed by atoms with Crippen molar-refractivity contribution < 1.29 is 9.53 Å². The van der Waals surface area contributed by atoms with Crippen molar-refractivity contribution in [2.24, 2.45) is 5.92 Å². The summed E-state index contributed by atoms with van der Waals surface area (Å²) in [5, 5.41) is 3.53. The van der Waals surface area contributed by atoms with Crippen LogP contribution < -0.4 is 11.1 Å². The number of nitrogens with two attached hydrogens (primary N) is 1. The lowest BCUT2D eigenvalue weighted by Gasteiger charge is -2.28. The summed E-state index contributed by atoms with van der Waals surface area (Å²) in [6, 6.07) is 6.30. The summed E-state index contributed by atoms with van der Waals surface area (Å²) in [5.74, 6) is 0.00470. The van der Waals surface area contributed by atoms with E-state index in [9.17, 15) is 4.79 Å². The minimum absolute atomic E-state index is 0.0708. The van der Waals surface area contributed by atoms with Gasteiger partial charge in [0.15, 0.2) is 0 Å². The number of halogens is 1. The quantitative estimate of drug-likeness (QED) is 0.653. The van der Waals surface area contributed by atoms with Crippen LogP contribution in [0.4, 0.5) is 5.69 Å². The number of anilines is 1. The zero-order chi connectivity index (χ0) is 14.5. The highest BCUT2D eigenvalue weighted by molar-refractivity contribution is 9.10. The number of carbonyl (C=O) groups excluding carboxylic acids is 1. The molecule has 0 atom stereocenters. The monoisotopic (exact) mass is 340 g/mol. The molecule has 1 aliphatic carbocycles. The second kappa shape index (κ2) is 7.09. The Morgan fingerprint density at radius 2 is 2.10 bits per heavy atom. The molecule has 0 aromatic heterocycles. The van der Waals surface area contributed by atoms with Gasteiger partial charge in [0.1, 0.15) is 0 Å². The van der Waals surface area contributed by atoms with Crippen molar-refractivity contribution in [1.29, 1.82) is 0 Å². The average molecular weight is 341 g/mol. The molecule has 0 unspecified atom stereocenters. The van der Waals surface area contributed by atoms with Crippen molar-refractivity contribution in [3.8, 4) is 0 Å². The molecule has 4 nitrogen and oxygen atoms in total. The van der Waals surface area contributed by atoms with Gasteiger partial charge in [0.2, 0.25) is 0 Å². The number of benzene rings is 1. The standard InChI is InChI=1S/C15H21BrN2O2/c1-20-15(19)10-5-7-11(8-6-10)18-9-12-13(16)3-2-4-14(12)17/h2-4,10-11,18H,5-9,17H2,1H3. The van der Waals surface area contributed by atoms with Crippen LogP contribution in [-0.2, 0) is 16.1 Å². The number of hydrogen-bond acceptors (Lipinski definition) is 4. The van der Waals surface area contributed by atoms with Crippen LogP contribution in [0.25, 0.3) is 0 Å². The number of carbonyl (C=O) groups is 1. The Bertz CT molecular complexity index is 451. The van der Waals surface area contributed by atoms with Crippen molar-refractivity contribution in [2.45, 2.75) is 38.3 Å². The van der Waals surface area contributed by atoms with Gasteiger partial charge in [-0.25, -0.2) is 0 Å². The lowest BCUT2D eigenvalue weighted by Crippen LogP contribution is -2.35. The lowest BCUT2D eigenvalue weighted by atomic mass is 9.86. The molecule has 0 bridgehead atoms. The number of rotatable bonds is 4. The summed E-state index contributed by atoms with van der Waals surface area (Å²) in [6.45, 7) is 0.751. The van der Waals surface area contributed by atoms with Crippen LogP contribution in [0.1, 0.15) is 31.2 Å². The van der Waals surface area contributed by atoms with E-state index in [1.165, 1.54) is 7.11 Å². The Balaban J connectivity index is 1.83. The van der Waals surface area contributed by atoms with Crippen molar-refractivity contribution in [3.05, 3.63) is 28.2 Å². The van der Waals surface area contributed by atoms with Gasteiger partial charge in [0.05, 0.1) is 13.0 Å². The third-order valence-corrected chi connectivity index (χ3v) is 4.73. The Hall–Kier alpha value is -1.07. The number of nitrogen functional groups attached to an aromatic ring is 1. The third-order valence-electron chi connectivity index (χ3n) is 3.98. The molecule has 0 spiro atoms. The maximum Gasteiger partial charge on any atom is 0.308 e. The molecule has 5 heteroatoms. The normalized spacial score (nSPS) is 22.5. The fourth-order valence-electron chi connectivity index (χ4n) is 2.71. The first-order valence-corrected chi connectivity index (χ1v) is 7.75. The minimum atomic E-state index is -0.0708. The van der Waals surface area contributed by atoms with Gasteiger partial charge in [-0.3, -0.25) is 4.79 Å². The number of methoxy groups -OCH3 is 1. The molecule has 1 aromatic carbocycles.